The van der Waals surface area contributed by atoms with Gasteiger partial charge < -0.3 is 0 Å². The number of carbonyl (C=O) groups is 1. The first kappa shape index (κ1) is 18.8. The van der Waals surface area contributed by atoms with Gasteiger partial charge in [0.2, 0.25) is 5.91 Å². The molecule has 1 N–H and O–H groups in total. The number of nitrogens with one attached hydrogen (secondary N) is 1. The maximum absolute atomic E-state index is 12.3. The topological polar surface area (TPSA) is 84.6 Å². The van der Waals surface area contributed by atoms with Gasteiger partial charge in [0.05, 0.1) is 16.7 Å². The zero-order valence-electron chi connectivity index (χ0n) is 15.7. The maximum atomic E-state index is 12.3. The first-order valence-corrected chi connectivity index (χ1v) is 8.94. The minimum Gasteiger partial charge on any atom is -0.273 e. The van der Waals surface area contributed by atoms with Gasteiger partial charge in [0.25, 0.3) is 5.69 Å². The second-order valence-corrected chi connectivity index (χ2v) is 7.87. The van der Waals surface area contributed by atoms with Crippen LogP contribution in [0, 0.1) is 16.0 Å². The Balaban J connectivity index is 1.59. The van der Waals surface area contributed by atoms with Crippen molar-refractivity contribution in [3.63, 3.8) is 0 Å². The zero-order chi connectivity index (χ0) is 19.6. The van der Waals surface area contributed by atoms with Crippen LogP contribution in [0.1, 0.15) is 49.8 Å². The molecule has 1 fully saturated rings. The van der Waals surface area contributed by atoms with E-state index in [1.54, 1.807) is 18.2 Å². The highest BCUT2D eigenvalue weighted by Crippen LogP contribution is 2.47. The molecule has 0 aromatic heterocycles. The fourth-order valence-corrected chi connectivity index (χ4v) is 3.09. The Kier molecular flexibility index (Phi) is 5.08. The third kappa shape index (κ3) is 4.39. The second-order valence-electron chi connectivity index (χ2n) is 7.87. The van der Waals surface area contributed by atoms with Crippen LogP contribution >= 0.6 is 0 Å². The average Bonchev–Trinajstić information content (AvgIpc) is 3.42. The van der Waals surface area contributed by atoms with E-state index in [-0.39, 0.29) is 28.8 Å². The van der Waals surface area contributed by atoms with Gasteiger partial charge in [-0.2, -0.15) is 5.10 Å². The highest BCUT2D eigenvalue weighted by molar-refractivity contribution is 5.88. The van der Waals surface area contributed by atoms with Crippen LogP contribution in [0.2, 0.25) is 0 Å². The SMILES string of the molecule is CC(C)(C)c1ccc(C2CC2C(=O)NN=Cc2ccccc2[N+](=O)[O-])cc1. The van der Waals surface area contributed by atoms with Crippen LogP contribution < -0.4 is 5.43 Å². The summed E-state index contributed by atoms with van der Waals surface area (Å²) in [4.78, 5) is 22.8. The molecule has 2 aromatic carbocycles. The van der Waals surface area contributed by atoms with Crippen molar-refractivity contribution in [2.75, 3.05) is 0 Å². The standard InChI is InChI=1S/C21H23N3O3/c1-21(2,3)16-10-8-14(9-11-16)17-12-18(17)20(25)23-22-13-15-6-4-5-7-19(15)24(26)27/h4-11,13,17-18H,12H2,1-3H3,(H,23,25). The molecule has 3 rings (SSSR count). The van der Waals surface area contributed by atoms with Gasteiger partial charge in [-0.05, 0) is 34.9 Å². The van der Waals surface area contributed by atoms with E-state index in [9.17, 15) is 14.9 Å². The summed E-state index contributed by atoms with van der Waals surface area (Å²) in [5.74, 6) is -0.0524. The Bertz CT molecular complexity index is 882. The van der Waals surface area contributed by atoms with E-state index >= 15 is 0 Å². The molecule has 27 heavy (non-hydrogen) atoms. The maximum Gasteiger partial charge on any atom is 0.278 e. The Morgan fingerprint density at radius 1 is 1.19 bits per heavy atom. The van der Waals surface area contributed by atoms with Crippen LogP contribution in [0.25, 0.3) is 0 Å². The molecule has 0 spiro atoms. The predicted octanol–water partition coefficient (Wildman–Crippen LogP) is 4.15. The largest absolute Gasteiger partial charge is 0.278 e. The first-order chi connectivity index (χ1) is 12.8. The number of hydrogen-bond acceptors (Lipinski definition) is 4. The van der Waals surface area contributed by atoms with E-state index in [1.807, 2.05) is 0 Å². The number of nitro benzene ring substituents is 1. The van der Waals surface area contributed by atoms with Crippen molar-refractivity contribution in [2.45, 2.75) is 38.5 Å². The minimum atomic E-state index is -0.471. The Labute approximate surface area is 158 Å². The van der Waals surface area contributed by atoms with Crippen LogP contribution in [0.3, 0.4) is 0 Å². The molecule has 0 aliphatic heterocycles. The van der Waals surface area contributed by atoms with Crippen LogP contribution in [0.15, 0.2) is 53.6 Å². The van der Waals surface area contributed by atoms with Gasteiger partial charge in [-0.3, -0.25) is 14.9 Å². The van der Waals surface area contributed by atoms with Crippen molar-refractivity contribution in [3.05, 3.63) is 75.3 Å². The normalized spacial score (nSPS) is 19.1. The van der Waals surface area contributed by atoms with E-state index in [1.165, 1.54) is 17.8 Å². The number of amides is 1. The van der Waals surface area contributed by atoms with E-state index in [0.717, 1.165) is 12.0 Å². The summed E-state index contributed by atoms with van der Waals surface area (Å²) in [7, 11) is 0. The molecular formula is C21H23N3O3. The number of benzene rings is 2. The zero-order valence-corrected chi connectivity index (χ0v) is 15.7. The van der Waals surface area contributed by atoms with Crippen molar-refractivity contribution in [1.29, 1.82) is 0 Å². The van der Waals surface area contributed by atoms with Crippen molar-refractivity contribution < 1.29 is 9.72 Å². The minimum absolute atomic E-state index is 0.0428. The predicted molar refractivity (Wildman–Crippen MR) is 105 cm³/mol. The van der Waals surface area contributed by atoms with Crippen LogP contribution in [0.4, 0.5) is 5.69 Å². The molecular weight excluding hydrogens is 342 g/mol. The summed E-state index contributed by atoms with van der Waals surface area (Å²) in [5.41, 5.74) is 5.34. The van der Waals surface area contributed by atoms with Crippen LogP contribution in [-0.2, 0) is 10.2 Å². The molecule has 0 heterocycles. The molecule has 1 aliphatic carbocycles. The Morgan fingerprint density at radius 3 is 2.48 bits per heavy atom. The molecule has 1 amide bonds. The fraction of sp³-hybridized carbons (Fsp3) is 0.333. The summed E-state index contributed by atoms with van der Waals surface area (Å²) < 4.78 is 0. The highest BCUT2D eigenvalue weighted by Gasteiger charge is 2.44. The number of hydrogen-bond donors (Lipinski definition) is 1. The Hall–Kier alpha value is -3.02. The number of carbonyl (C=O) groups excluding carboxylic acids is 1. The number of hydrazone groups is 1. The number of para-hydroxylation sites is 1. The van der Waals surface area contributed by atoms with Crippen molar-refractivity contribution in [1.82, 2.24) is 5.43 Å². The Morgan fingerprint density at radius 2 is 1.85 bits per heavy atom. The summed E-state index contributed by atoms with van der Waals surface area (Å²) in [5, 5.41) is 14.9. The molecule has 1 saturated carbocycles. The smallest absolute Gasteiger partial charge is 0.273 e. The fourth-order valence-electron chi connectivity index (χ4n) is 3.09. The summed E-state index contributed by atoms with van der Waals surface area (Å²) in [6, 6.07) is 14.7. The van der Waals surface area contributed by atoms with Gasteiger partial charge in [-0.1, -0.05) is 57.2 Å². The van der Waals surface area contributed by atoms with Crippen LogP contribution in [-0.4, -0.2) is 17.0 Å². The van der Waals surface area contributed by atoms with Gasteiger partial charge in [0.15, 0.2) is 0 Å². The lowest BCUT2D eigenvalue weighted by atomic mass is 9.86. The molecule has 1 aliphatic rings. The molecule has 2 atom stereocenters. The highest BCUT2D eigenvalue weighted by atomic mass is 16.6. The van der Waals surface area contributed by atoms with Crippen molar-refractivity contribution in [3.8, 4) is 0 Å². The number of nitro groups is 1. The molecule has 140 valence electrons. The van der Waals surface area contributed by atoms with Crippen molar-refractivity contribution in [2.24, 2.45) is 11.0 Å². The van der Waals surface area contributed by atoms with E-state index in [0.29, 0.717) is 5.56 Å². The van der Waals surface area contributed by atoms with E-state index in [2.05, 4.69) is 55.6 Å². The molecule has 2 aromatic rings. The van der Waals surface area contributed by atoms with Gasteiger partial charge in [0, 0.05) is 12.0 Å². The molecule has 6 heteroatoms. The average molecular weight is 365 g/mol. The summed E-state index contributed by atoms with van der Waals surface area (Å²) in [6.45, 7) is 6.51. The van der Waals surface area contributed by atoms with E-state index < -0.39 is 4.92 Å². The molecule has 6 nitrogen and oxygen atoms in total. The van der Waals surface area contributed by atoms with Gasteiger partial charge in [-0.25, -0.2) is 5.43 Å². The van der Waals surface area contributed by atoms with Crippen molar-refractivity contribution >= 4 is 17.8 Å². The second kappa shape index (κ2) is 7.31. The quantitative estimate of drug-likeness (QED) is 0.491. The third-order valence-corrected chi connectivity index (χ3v) is 4.84. The molecule has 0 radical (unpaired) electrons. The summed E-state index contributed by atoms with van der Waals surface area (Å²) in [6.07, 6.45) is 2.10. The number of rotatable bonds is 5. The molecule has 2 unspecified atom stereocenters. The lowest BCUT2D eigenvalue weighted by Crippen LogP contribution is -2.20. The first-order valence-electron chi connectivity index (χ1n) is 8.94. The third-order valence-electron chi connectivity index (χ3n) is 4.84. The molecule has 0 bridgehead atoms. The monoisotopic (exact) mass is 365 g/mol. The lowest BCUT2D eigenvalue weighted by Gasteiger charge is -2.19. The van der Waals surface area contributed by atoms with Crippen LogP contribution in [0.5, 0.6) is 0 Å². The summed E-state index contributed by atoms with van der Waals surface area (Å²) >= 11 is 0. The molecule has 0 saturated heterocycles. The van der Waals surface area contributed by atoms with Gasteiger partial charge >= 0.3 is 0 Å². The number of nitrogens with zero attached hydrogens (tertiary/aromatic N) is 2. The lowest BCUT2D eigenvalue weighted by molar-refractivity contribution is -0.385. The van der Waals surface area contributed by atoms with Gasteiger partial charge in [-0.15, -0.1) is 0 Å². The van der Waals surface area contributed by atoms with Gasteiger partial charge in [0.1, 0.15) is 0 Å². The van der Waals surface area contributed by atoms with E-state index in [4.69, 9.17) is 0 Å².